The average molecular weight is 411 g/mol. The van der Waals surface area contributed by atoms with E-state index in [9.17, 15) is 4.79 Å². The second kappa shape index (κ2) is 8.73. The summed E-state index contributed by atoms with van der Waals surface area (Å²) in [5.74, 6) is 2.11. The van der Waals surface area contributed by atoms with Gasteiger partial charge in [0.2, 0.25) is 12.0 Å². The molecule has 4 rings (SSSR count). The summed E-state index contributed by atoms with van der Waals surface area (Å²) in [6.07, 6.45) is -0.828. The van der Waals surface area contributed by atoms with E-state index in [4.69, 9.17) is 23.4 Å². The highest BCUT2D eigenvalue weighted by Crippen LogP contribution is 2.33. The molecule has 1 N–H and O–H groups in total. The van der Waals surface area contributed by atoms with Crippen LogP contribution in [0, 0.1) is 0 Å². The van der Waals surface area contributed by atoms with Gasteiger partial charge >= 0.3 is 6.01 Å². The quantitative estimate of drug-likeness (QED) is 0.631. The number of hydrogen-bond acceptors (Lipinski definition) is 8. The van der Waals surface area contributed by atoms with Gasteiger partial charge < -0.3 is 23.4 Å². The lowest BCUT2D eigenvalue weighted by Gasteiger charge is -2.24. The molecule has 0 spiro atoms. The van der Waals surface area contributed by atoms with Crippen molar-refractivity contribution in [1.29, 1.82) is 0 Å². The van der Waals surface area contributed by atoms with E-state index in [1.54, 1.807) is 36.4 Å². The fraction of sp³-hybridized carbons (Fsp3) is 0.286. The van der Waals surface area contributed by atoms with Gasteiger partial charge in [-0.05, 0) is 44.2 Å². The number of para-hydroxylation sites is 2. The summed E-state index contributed by atoms with van der Waals surface area (Å²) in [6, 6.07) is 12.4. The average Bonchev–Trinajstić information content (AvgIpc) is 3.23. The van der Waals surface area contributed by atoms with Crippen LogP contribution in [0.4, 0.5) is 6.01 Å². The van der Waals surface area contributed by atoms with Crippen LogP contribution in [0.5, 0.6) is 23.0 Å². The number of nitrogens with one attached hydrogen (secondary N) is 1. The topological polar surface area (TPSA) is 105 Å². The Kier molecular flexibility index (Phi) is 5.69. The Morgan fingerprint density at radius 3 is 2.63 bits per heavy atom. The second-order valence-electron chi connectivity index (χ2n) is 6.29. The zero-order chi connectivity index (χ0) is 20.9. The van der Waals surface area contributed by atoms with E-state index in [0.29, 0.717) is 41.8 Å². The number of nitrogens with zero attached hydrogens (tertiary/aromatic N) is 2. The van der Waals surface area contributed by atoms with E-state index in [1.807, 2.05) is 19.9 Å². The molecule has 1 atom stereocenters. The number of ether oxygens (including phenoxy) is 4. The van der Waals surface area contributed by atoms with Crippen molar-refractivity contribution in [3.05, 3.63) is 42.5 Å². The van der Waals surface area contributed by atoms with E-state index in [2.05, 4.69) is 15.5 Å². The summed E-state index contributed by atoms with van der Waals surface area (Å²) in [5.41, 5.74) is 0.640. The molecule has 9 nitrogen and oxygen atoms in total. The van der Waals surface area contributed by atoms with Gasteiger partial charge in [0, 0.05) is 5.56 Å². The molecule has 1 aromatic heterocycles. The fourth-order valence-electron chi connectivity index (χ4n) is 2.91. The minimum atomic E-state index is -0.828. The van der Waals surface area contributed by atoms with Crippen molar-refractivity contribution in [1.82, 2.24) is 10.2 Å². The lowest BCUT2D eigenvalue weighted by molar-refractivity contribution is -0.125. The molecule has 0 bridgehead atoms. The summed E-state index contributed by atoms with van der Waals surface area (Å²) in [4.78, 5) is 12.5. The Morgan fingerprint density at radius 2 is 1.83 bits per heavy atom. The Hall–Kier alpha value is -3.75. The standard InChI is InChI=1S/C21H21N3O6/c1-3-26-15-10-9-13(11-17(15)27-4-2)20-23-24-21(30-20)22-19(25)18-12-28-14-7-5-6-8-16(14)29-18/h5-11,18H,3-4,12H2,1-2H3,(H,22,24,25). The lowest BCUT2D eigenvalue weighted by Crippen LogP contribution is -2.40. The molecule has 1 unspecified atom stereocenters. The van der Waals surface area contributed by atoms with Crippen LogP contribution in [0.15, 0.2) is 46.9 Å². The third-order valence-electron chi connectivity index (χ3n) is 4.25. The summed E-state index contributed by atoms with van der Waals surface area (Å²) in [6.45, 7) is 4.88. The van der Waals surface area contributed by atoms with Crippen LogP contribution >= 0.6 is 0 Å². The minimum absolute atomic E-state index is 0.0377. The van der Waals surface area contributed by atoms with Crippen LogP contribution in [0.25, 0.3) is 11.5 Å². The van der Waals surface area contributed by atoms with Crippen LogP contribution in [0.3, 0.4) is 0 Å². The van der Waals surface area contributed by atoms with Crippen molar-refractivity contribution >= 4 is 11.9 Å². The van der Waals surface area contributed by atoms with Gasteiger partial charge in [0.15, 0.2) is 23.0 Å². The van der Waals surface area contributed by atoms with Crippen molar-refractivity contribution in [3.8, 4) is 34.5 Å². The maximum atomic E-state index is 12.5. The molecule has 2 heterocycles. The first kappa shape index (κ1) is 19.6. The van der Waals surface area contributed by atoms with Crippen LogP contribution < -0.4 is 24.3 Å². The summed E-state index contributed by atoms with van der Waals surface area (Å²) < 4.78 is 28.0. The predicted octanol–water partition coefficient (Wildman–Crippen LogP) is 3.31. The highest BCUT2D eigenvalue weighted by Gasteiger charge is 2.28. The molecule has 1 aliphatic heterocycles. The Bertz CT molecular complexity index is 1040. The van der Waals surface area contributed by atoms with Gasteiger partial charge in [-0.1, -0.05) is 17.2 Å². The molecule has 9 heteroatoms. The first-order chi connectivity index (χ1) is 14.7. The van der Waals surface area contributed by atoms with Crippen LogP contribution in [0.1, 0.15) is 13.8 Å². The smallest absolute Gasteiger partial charge is 0.322 e. The molecule has 0 saturated heterocycles. The number of benzene rings is 2. The lowest BCUT2D eigenvalue weighted by atomic mass is 10.2. The number of fused-ring (bicyclic) bond motifs is 1. The Balaban J connectivity index is 1.45. The van der Waals surface area contributed by atoms with Crippen molar-refractivity contribution in [3.63, 3.8) is 0 Å². The van der Waals surface area contributed by atoms with Gasteiger partial charge in [-0.3, -0.25) is 10.1 Å². The monoisotopic (exact) mass is 411 g/mol. The largest absolute Gasteiger partial charge is 0.490 e. The molecule has 0 aliphatic carbocycles. The van der Waals surface area contributed by atoms with Crippen molar-refractivity contribution in [2.75, 3.05) is 25.1 Å². The Labute approximate surface area is 172 Å². The molecule has 156 valence electrons. The Morgan fingerprint density at radius 1 is 1.07 bits per heavy atom. The fourth-order valence-corrected chi connectivity index (χ4v) is 2.91. The highest BCUT2D eigenvalue weighted by molar-refractivity contribution is 5.93. The zero-order valence-electron chi connectivity index (χ0n) is 16.6. The minimum Gasteiger partial charge on any atom is -0.490 e. The van der Waals surface area contributed by atoms with Crippen LogP contribution in [-0.2, 0) is 4.79 Å². The van der Waals surface area contributed by atoms with Gasteiger partial charge in [0.05, 0.1) is 13.2 Å². The number of rotatable bonds is 7. The number of anilines is 1. The van der Waals surface area contributed by atoms with Gasteiger partial charge in [-0.25, -0.2) is 0 Å². The molecule has 1 amide bonds. The SMILES string of the molecule is CCOc1ccc(-c2nnc(NC(=O)C3COc4ccccc4O3)o2)cc1OCC. The van der Waals surface area contributed by atoms with Crippen molar-refractivity contribution in [2.45, 2.75) is 20.0 Å². The molecule has 0 radical (unpaired) electrons. The third kappa shape index (κ3) is 4.14. The number of aromatic nitrogens is 2. The molecule has 3 aromatic rings. The number of carbonyl (C=O) groups is 1. The summed E-state index contributed by atoms with van der Waals surface area (Å²) in [5, 5.41) is 10.5. The zero-order valence-corrected chi connectivity index (χ0v) is 16.6. The maximum absolute atomic E-state index is 12.5. The van der Waals surface area contributed by atoms with Crippen LogP contribution in [0.2, 0.25) is 0 Å². The normalized spacial score (nSPS) is 14.8. The first-order valence-electron chi connectivity index (χ1n) is 9.60. The second-order valence-corrected chi connectivity index (χ2v) is 6.29. The summed E-state index contributed by atoms with van der Waals surface area (Å²) >= 11 is 0. The molecule has 0 saturated carbocycles. The van der Waals surface area contributed by atoms with E-state index in [-0.39, 0.29) is 18.5 Å². The number of hydrogen-bond donors (Lipinski definition) is 1. The van der Waals surface area contributed by atoms with Crippen molar-refractivity contribution in [2.24, 2.45) is 0 Å². The van der Waals surface area contributed by atoms with Gasteiger partial charge in [0.1, 0.15) is 6.61 Å². The predicted molar refractivity (Wildman–Crippen MR) is 107 cm³/mol. The molecular formula is C21H21N3O6. The summed E-state index contributed by atoms with van der Waals surface area (Å²) in [7, 11) is 0. The van der Waals surface area contributed by atoms with E-state index >= 15 is 0 Å². The molecule has 1 aliphatic rings. The number of amides is 1. The van der Waals surface area contributed by atoms with Gasteiger partial charge in [-0.2, -0.15) is 0 Å². The molecule has 2 aromatic carbocycles. The molecular weight excluding hydrogens is 390 g/mol. The van der Waals surface area contributed by atoms with E-state index in [0.717, 1.165) is 0 Å². The van der Waals surface area contributed by atoms with Crippen LogP contribution in [-0.4, -0.2) is 42.0 Å². The molecule has 30 heavy (non-hydrogen) atoms. The first-order valence-corrected chi connectivity index (χ1v) is 9.60. The van der Waals surface area contributed by atoms with Crippen molar-refractivity contribution < 1.29 is 28.2 Å². The van der Waals surface area contributed by atoms with Gasteiger partial charge in [0.25, 0.3) is 5.91 Å². The van der Waals surface area contributed by atoms with E-state index < -0.39 is 12.0 Å². The third-order valence-corrected chi connectivity index (χ3v) is 4.25. The maximum Gasteiger partial charge on any atom is 0.322 e. The number of carbonyl (C=O) groups excluding carboxylic acids is 1. The van der Waals surface area contributed by atoms with E-state index in [1.165, 1.54) is 0 Å². The van der Waals surface area contributed by atoms with Gasteiger partial charge in [-0.15, -0.1) is 5.10 Å². The highest BCUT2D eigenvalue weighted by atomic mass is 16.6. The molecule has 0 fully saturated rings.